The fourth-order valence-corrected chi connectivity index (χ4v) is 1.74. The minimum absolute atomic E-state index is 0.744. The van der Waals surface area contributed by atoms with Gasteiger partial charge in [0, 0.05) is 32.1 Å². The van der Waals surface area contributed by atoms with Gasteiger partial charge >= 0.3 is 0 Å². The third-order valence-corrected chi connectivity index (χ3v) is 2.69. The molecule has 96 valence electrons. The second-order valence-corrected chi connectivity index (χ2v) is 4.06. The molecule has 0 spiro atoms. The number of hydrogen-bond donors (Lipinski definition) is 2. The van der Waals surface area contributed by atoms with Crippen molar-refractivity contribution in [3.63, 3.8) is 0 Å². The molecule has 0 saturated heterocycles. The fraction of sp³-hybridized carbons (Fsp3) is 0.357. The first-order valence-electron chi connectivity index (χ1n) is 6.19. The number of fused-ring (bicyclic) bond motifs is 1. The van der Waals surface area contributed by atoms with Gasteiger partial charge in [0.2, 0.25) is 0 Å². The summed E-state index contributed by atoms with van der Waals surface area (Å²) in [6.45, 7) is 3.38. The van der Waals surface area contributed by atoms with Gasteiger partial charge in [0.15, 0.2) is 0 Å². The van der Waals surface area contributed by atoms with E-state index in [-0.39, 0.29) is 0 Å². The Labute approximate surface area is 107 Å². The molecule has 0 aliphatic heterocycles. The largest absolute Gasteiger partial charge is 0.383 e. The van der Waals surface area contributed by atoms with E-state index in [2.05, 4.69) is 27.8 Å². The maximum atomic E-state index is 4.96. The first-order valence-corrected chi connectivity index (χ1v) is 6.19. The summed E-state index contributed by atoms with van der Waals surface area (Å²) in [5, 5.41) is 7.75. The third-order valence-electron chi connectivity index (χ3n) is 2.69. The van der Waals surface area contributed by atoms with Gasteiger partial charge in [-0.25, -0.2) is 4.98 Å². The highest BCUT2D eigenvalue weighted by molar-refractivity contribution is 5.79. The fourth-order valence-electron chi connectivity index (χ4n) is 1.74. The van der Waals surface area contributed by atoms with E-state index in [4.69, 9.17) is 4.74 Å². The Bertz CT molecular complexity index is 487. The Hall–Kier alpha value is -1.65. The van der Waals surface area contributed by atoms with Crippen molar-refractivity contribution >= 4 is 16.7 Å². The molecular weight excluding hydrogens is 226 g/mol. The van der Waals surface area contributed by atoms with E-state index in [1.54, 1.807) is 7.11 Å². The van der Waals surface area contributed by atoms with E-state index >= 15 is 0 Å². The van der Waals surface area contributed by atoms with Crippen LogP contribution in [-0.4, -0.2) is 38.3 Å². The molecule has 1 heterocycles. The zero-order valence-corrected chi connectivity index (χ0v) is 10.6. The maximum absolute atomic E-state index is 4.96. The molecule has 18 heavy (non-hydrogen) atoms. The molecule has 1 aromatic heterocycles. The molecule has 0 bridgehead atoms. The predicted octanol–water partition coefficient (Wildman–Crippen LogP) is 1.88. The molecule has 0 unspecified atom stereocenters. The van der Waals surface area contributed by atoms with E-state index in [1.807, 2.05) is 24.3 Å². The Balaban J connectivity index is 1.81. The van der Waals surface area contributed by atoms with Crippen LogP contribution in [0, 0.1) is 0 Å². The van der Waals surface area contributed by atoms with Crippen molar-refractivity contribution in [3.8, 4) is 0 Å². The number of aromatic nitrogens is 1. The average molecular weight is 245 g/mol. The van der Waals surface area contributed by atoms with Crippen molar-refractivity contribution in [2.24, 2.45) is 0 Å². The summed E-state index contributed by atoms with van der Waals surface area (Å²) in [5.41, 5.74) is 1.02. The van der Waals surface area contributed by atoms with Gasteiger partial charge in [-0.05, 0) is 18.2 Å². The second-order valence-electron chi connectivity index (χ2n) is 4.06. The zero-order chi connectivity index (χ0) is 12.6. The monoisotopic (exact) mass is 245 g/mol. The normalized spacial score (nSPS) is 10.7. The van der Waals surface area contributed by atoms with E-state index in [1.165, 1.54) is 5.39 Å². The third kappa shape index (κ3) is 3.68. The summed E-state index contributed by atoms with van der Waals surface area (Å²) in [5.74, 6) is 0.919. The Kier molecular flexibility index (Phi) is 4.93. The van der Waals surface area contributed by atoms with Gasteiger partial charge in [0.25, 0.3) is 0 Å². The van der Waals surface area contributed by atoms with Gasteiger partial charge in [-0.3, -0.25) is 0 Å². The molecule has 0 aliphatic carbocycles. The quantitative estimate of drug-likeness (QED) is 0.731. The zero-order valence-electron chi connectivity index (χ0n) is 10.6. The number of methoxy groups -OCH3 is 1. The standard InChI is InChI=1S/C14H19N3O/c1-18-11-10-15-8-9-16-14-7-6-12-4-2-3-5-13(12)17-14/h2-7,15H,8-11H2,1H3,(H,16,17). The number of nitrogens with one attached hydrogen (secondary N) is 2. The second kappa shape index (κ2) is 6.93. The van der Waals surface area contributed by atoms with E-state index in [0.29, 0.717) is 0 Å². The van der Waals surface area contributed by atoms with Crippen LogP contribution in [0.2, 0.25) is 0 Å². The Morgan fingerprint density at radius 1 is 1.06 bits per heavy atom. The van der Waals surface area contributed by atoms with Gasteiger partial charge in [0.05, 0.1) is 12.1 Å². The smallest absolute Gasteiger partial charge is 0.126 e. The van der Waals surface area contributed by atoms with Crippen LogP contribution in [0.25, 0.3) is 10.9 Å². The minimum atomic E-state index is 0.744. The van der Waals surface area contributed by atoms with E-state index < -0.39 is 0 Å². The summed E-state index contributed by atoms with van der Waals surface area (Å²) in [6.07, 6.45) is 0. The van der Waals surface area contributed by atoms with Gasteiger partial charge in [0.1, 0.15) is 5.82 Å². The molecule has 0 atom stereocenters. The van der Waals surface area contributed by atoms with Gasteiger partial charge < -0.3 is 15.4 Å². The van der Waals surface area contributed by atoms with Crippen LogP contribution in [-0.2, 0) is 4.74 Å². The molecule has 0 aliphatic rings. The van der Waals surface area contributed by atoms with Crippen LogP contribution < -0.4 is 10.6 Å². The van der Waals surface area contributed by atoms with Crippen molar-refractivity contribution in [1.29, 1.82) is 0 Å². The number of pyridine rings is 1. The summed E-state index contributed by atoms with van der Waals surface area (Å²) in [4.78, 5) is 4.55. The van der Waals surface area contributed by atoms with Gasteiger partial charge in [-0.1, -0.05) is 18.2 Å². The van der Waals surface area contributed by atoms with E-state index in [9.17, 15) is 0 Å². The molecule has 2 aromatic rings. The number of para-hydroxylation sites is 1. The number of hydrogen-bond acceptors (Lipinski definition) is 4. The molecule has 0 saturated carbocycles. The summed E-state index contributed by atoms with van der Waals surface area (Å²) < 4.78 is 4.96. The molecule has 0 fully saturated rings. The predicted molar refractivity (Wildman–Crippen MR) is 75.0 cm³/mol. The highest BCUT2D eigenvalue weighted by atomic mass is 16.5. The highest BCUT2D eigenvalue weighted by Gasteiger charge is 1.96. The molecule has 0 radical (unpaired) electrons. The van der Waals surface area contributed by atoms with Crippen molar-refractivity contribution in [1.82, 2.24) is 10.3 Å². The number of rotatable bonds is 7. The molecule has 1 aromatic carbocycles. The number of benzene rings is 1. The number of ether oxygens (including phenoxy) is 1. The highest BCUT2D eigenvalue weighted by Crippen LogP contribution is 2.13. The summed E-state index contributed by atoms with van der Waals surface area (Å²) in [7, 11) is 1.71. The van der Waals surface area contributed by atoms with E-state index in [0.717, 1.165) is 37.6 Å². The lowest BCUT2D eigenvalue weighted by atomic mass is 10.2. The van der Waals surface area contributed by atoms with Crippen LogP contribution in [0.1, 0.15) is 0 Å². The first-order chi connectivity index (χ1) is 8.90. The first kappa shape index (κ1) is 12.8. The molecule has 0 amide bonds. The van der Waals surface area contributed by atoms with Crippen LogP contribution in [0.15, 0.2) is 36.4 Å². The maximum Gasteiger partial charge on any atom is 0.126 e. The lowest BCUT2D eigenvalue weighted by molar-refractivity contribution is 0.200. The van der Waals surface area contributed by atoms with Crippen molar-refractivity contribution in [2.45, 2.75) is 0 Å². The number of nitrogens with zero attached hydrogens (tertiary/aromatic N) is 1. The van der Waals surface area contributed by atoms with Crippen LogP contribution in [0.3, 0.4) is 0 Å². The Morgan fingerprint density at radius 3 is 2.83 bits per heavy atom. The summed E-state index contributed by atoms with van der Waals surface area (Å²) in [6, 6.07) is 12.2. The van der Waals surface area contributed by atoms with Crippen LogP contribution >= 0.6 is 0 Å². The number of anilines is 1. The molecule has 2 rings (SSSR count). The van der Waals surface area contributed by atoms with Crippen molar-refractivity contribution < 1.29 is 4.74 Å². The topological polar surface area (TPSA) is 46.2 Å². The molecule has 4 heteroatoms. The summed E-state index contributed by atoms with van der Waals surface area (Å²) >= 11 is 0. The molecule has 2 N–H and O–H groups in total. The van der Waals surface area contributed by atoms with Crippen molar-refractivity contribution in [3.05, 3.63) is 36.4 Å². The molecule has 4 nitrogen and oxygen atoms in total. The van der Waals surface area contributed by atoms with Gasteiger partial charge in [-0.15, -0.1) is 0 Å². The molecular formula is C14H19N3O. The average Bonchev–Trinajstić information content (AvgIpc) is 2.42. The lowest BCUT2D eigenvalue weighted by Gasteiger charge is -2.07. The SMILES string of the molecule is COCCNCCNc1ccc2ccccc2n1. The minimum Gasteiger partial charge on any atom is -0.383 e. The van der Waals surface area contributed by atoms with Crippen molar-refractivity contribution in [2.75, 3.05) is 38.7 Å². The van der Waals surface area contributed by atoms with Gasteiger partial charge in [-0.2, -0.15) is 0 Å². The van der Waals surface area contributed by atoms with Crippen LogP contribution in [0.4, 0.5) is 5.82 Å². The lowest BCUT2D eigenvalue weighted by Crippen LogP contribution is -2.25. The van der Waals surface area contributed by atoms with Crippen LogP contribution in [0.5, 0.6) is 0 Å². The Morgan fingerprint density at radius 2 is 1.94 bits per heavy atom.